The largest absolute Gasteiger partial charge is 0.359 e. The van der Waals surface area contributed by atoms with E-state index in [2.05, 4.69) is 5.32 Å². The van der Waals surface area contributed by atoms with Gasteiger partial charge in [0.15, 0.2) is 0 Å². The summed E-state index contributed by atoms with van der Waals surface area (Å²) in [5.74, 6) is 0.304. The lowest BCUT2D eigenvalue weighted by atomic mass is 9.95. The molecule has 0 spiro atoms. The molecule has 2 rings (SSSR count). The lowest BCUT2D eigenvalue weighted by Crippen LogP contribution is -2.46. The van der Waals surface area contributed by atoms with Gasteiger partial charge in [-0.1, -0.05) is 0 Å². The fourth-order valence-electron chi connectivity index (χ4n) is 3.09. The van der Waals surface area contributed by atoms with Crippen molar-refractivity contribution in [2.24, 2.45) is 17.6 Å². The van der Waals surface area contributed by atoms with E-state index in [-0.39, 0.29) is 42.1 Å². The van der Waals surface area contributed by atoms with Gasteiger partial charge in [-0.2, -0.15) is 0 Å². The summed E-state index contributed by atoms with van der Waals surface area (Å²) in [4.78, 5) is 25.8. The zero-order valence-electron chi connectivity index (χ0n) is 11.4. The number of likely N-dealkylation sites (tertiary alicyclic amines) is 1. The predicted octanol–water partition coefficient (Wildman–Crippen LogP) is 0.520. The van der Waals surface area contributed by atoms with Gasteiger partial charge in [0.2, 0.25) is 11.8 Å². The molecule has 19 heavy (non-hydrogen) atoms. The summed E-state index contributed by atoms with van der Waals surface area (Å²) in [5.41, 5.74) is 5.85. The van der Waals surface area contributed by atoms with Crippen molar-refractivity contribution in [1.82, 2.24) is 10.2 Å². The molecule has 3 N–H and O–H groups in total. The van der Waals surface area contributed by atoms with Crippen molar-refractivity contribution in [3.63, 3.8) is 0 Å². The van der Waals surface area contributed by atoms with Gasteiger partial charge in [-0.15, -0.1) is 12.4 Å². The number of carbonyl (C=O) groups excluding carboxylic acids is 2. The van der Waals surface area contributed by atoms with Crippen molar-refractivity contribution in [2.45, 2.75) is 38.1 Å². The van der Waals surface area contributed by atoms with Crippen LogP contribution in [0.1, 0.15) is 32.1 Å². The number of hydrogen-bond acceptors (Lipinski definition) is 3. The molecule has 1 aliphatic carbocycles. The van der Waals surface area contributed by atoms with Crippen LogP contribution in [-0.2, 0) is 9.59 Å². The second kappa shape index (κ2) is 7.10. The molecule has 1 aliphatic heterocycles. The normalized spacial score (nSPS) is 30.6. The molecule has 2 amide bonds. The van der Waals surface area contributed by atoms with E-state index in [4.69, 9.17) is 5.73 Å². The highest BCUT2D eigenvalue weighted by Gasteiger charge is 2.34. The molecule has 1 heterocycles. The molecule has 0 bridgehead atoms. The minimum absolute atomic E-state index is 0. The first-order valence-electron chi connectivity index (χ1n) is 6.87. The standard InChI is InChI=1S/C13H23N3O2.ClH/c1-15-12(17)10-3-2-6-16(8-10)13(18)9-4-5-11(14)7-9;/h9-11H,2-8,14H2,1H3,(H,15,17);1H. The van der Waals surface area contributed by atoms with E-state index >= 15 is 0 Å². The van der Waals surface area contributed by atoms with Gasteiger partial charge in [0.05, 0.1) is 5.92 Å². The third-order valence-electron chi connectivity index (χ3n) is 4.17. The first-order chi connectivity index (χ1) is 8.61. The molecule has 1 saturated carbocycles. The van der Waals surface area contributed by atoms with Crippen molar-refractivity contribution in [2.75, 3.05) is 20.1 Å². The topological polar surface area (TPSA) is 75.4 Å². The van der Waals surface area contributed by atoms with Gasteiger partial charge >= 0.3 is 0 Å². The number of amides is 2. The van der Waals surface area contributed by atoms with Crippen LogP contribution in [0.15, 0.2) is 0 Å². The van der Waals surface area contributed by atoms with E-state index in [0.29, 0.717) is 6.54 Å². The number of nitrogens with two attached hydrogens (primary N) is 1. The molecular weight excluding hydrogens is 266 g/mol. The molecule has 0 radical (unpaired) electrons. The number of rotatable bonds is 2. The Kier molecular flexibility index (Phi) is 6.07. The van der Waals surface area contributed by atoms with Crippen LogP contribution in [0.2, 0.25) is 0 Å². The molecule has 3 unspecified atom stereocenters. The zero-order valence-corrected chi connectivity index (χ0v) is 12.2. The Labute approximate surface area is 120 Å². The molecule has 0 aromatic heterocycles. The summed E-state index contributed by atoms with van der Waals surface area (Å²) in [5, 5.41) is 2.67. The van der Waals surface area contributed by atoms with Crippen LogP contribution >= 0.6 is 12.4 Å². The molecule has 5 nitrogen and oxygen atoms in total. The lowest BCUT2D eigenvalue weighted by Gasteiger charge is -2.33. The molecule has 110 valence electrons. The van der Waals surface area contributed by atoms with Gasteiger partial charge in [-0.05, 0) is 32.1 Å². The van der Waals surface area contributed by atoms with Gasteiger partial charge in [-0.3, -0.25) is 9.59 Å². The second-order valence-electron chi connectivity index (χ2n) is 5.51. The van der Waals surface area contributed by atoms with Crippen LogP contribution < -0.4 is 11.1 Å². The quantitative estimate of drug-likeness (QED) is 0.778. The average molecular weight is 290 g/mol. The van der Waals surface area contributed by atoms with Gasteiger partial charge in [0.1, 0.15) is 0 Å². The van der Waals surface area contributed by atoms with E-state index in [1.54, 1.807) is 7.05 Å². The molecular formula is C13H24ClN3O2. The Hall–Kier alpha value is -0.810. The monoisotopic (exact) mass is 289 g/mol. The zero-order chi connectivity index (χ0) is 13.1. The smallest absolute Gasteiger partial charge is 0.225 e. The van der Waals surface area contributed by atoms with E-state index in [0.717, 1.165) is 38.6 Å². The number of piperidine rings is 1. The Morgan fingerprint density at radius 3 is 2.53 bits per heavy atom. The van der Waals surface area contributed by atoms with E-state index in [1.807, 2.05) is 4.90 Å². The Morgan fingerprint density at radius 2 is 1.95 bits per heavy atom. The van der Waals surface area contributed by atoms with Crippen LogP contribution in [0.3, 0.4) is 0 Å². The molecule has 0 aromatic rings. The van der Waals surface area contributed by atoms with Gasteiger partial charge in [0.25, 0.3) is 0 Å². The number of hydrogen-bond donors (Lipinski definition) is 2. The van der Waals surface area contributed by atoms with Gasteiger partial charge < -0.3 is 16.0 Å². The lowest BCUT2D eigenvalue weighted by molar-refractivity contribution is -0.139. The third-order valence-corrected chi connectivity index (χ3v) is 4.17. The fraction of sp³-hybridized carbons (Fsp3) is 0.846. The maximum atomic E-state index is 12.3. The van der Waals surface area contributed by atoms with Crippen LogP contribution in [0.25, 0.3) is 0 Å². The van der Waals surface area contributed by atoms with Crippen molar-refractivity contribution >= 4 is 24.2 Å². The maximum Gasteiger partial charge on any atom is 0.225 e. The molecule has 1 saturated heterocycles. The minimum Gasteiger partial charge on any atom is -0.359 e. The van der Waals surface area contributed by atoms with E-state index < -0.39 is 0 Å². The Balaban J connectivity index is 0.00000180. The Morgan fingerprint density at radius 1 is 1.21 bits per heavy atom. The molecule has 0 aromatic carbocycles. The maximum absolute atomic E-state index is 12.3. The molecule has 3 atom stereocenters. The summed E-state index contributed by atoms with van der Waals surface area (Å²) < 4.78 is 0. The number of carbonyl (C=O) groups is 2. The van der Waals surface area contributed by atoms with Crippen LogP contribution in [-0.4, -0.2) is 42.9 Å². The van der Waals surface area contributed by atoms with Crippen LogP contribution in [0.4, 0.5) is 0 Å². The van der Waals surface area contributed by atoms with Crippen LogP contribution in [0.5, 0.6) is 0 Å². The predicted molar refractivity (Wildman–Crippen MR) is 75.9 cm³/mol. The fourth-order valence-corrected chi connectivity index (χ4v) is 3.09. The number of nitrogens with one attached hydrogen (secondary N) is 1. The van der Waals surface area contributed by atoms with E-state index in [9.17, 15) is 9.59 Å². The minimum atomic E-state index is -0.0391. The molecule has 2 fully saturated rings. The number of nitrogens with zero attached hydrogens (tertiary/aromatic N) is 1. The summed E-state index contributed by atoms with van der Waals surface area (Å²) >= 11 is 0. The average Bonchev–Trinajstić information content (AvgIpc) is 2.83. The highest BCUT2D eigenvalue weighted by Crippen LogP contribution is 2.28. The molecule has 6 heteroatoms. The highest BCUT2D eigenvalue weighted by molar-refractivity contribution is 5.85. The van der Waals surface area contributed by atoms with Crippen LogP contribution in [0, 0.1) is 11.8 Å². The van der Waals surface area contributed by atoms with Gasteiger partial charge in [0, 0.05) is 32.1 Å². The third kappa shape index (κ3) is 3.83. The number of halogens is 1. The summed E-state index contributed by atoms with van der Waals surface area (Å²) in [6, 6.07) is 0.179. The second-order valence-corrected chi connectivity index (χ2v) is 5.51. The SMILES string of the molecule is CNC(=O)C1CCCN(C(=O)C2CCC(N)C2)C1.Cl. The highest BCUT2D eigenvalue weighted by atomic mass is 35.5. The van der Waals surface area contributed by atoms with Crippen molar-refractivity contribution < 1.29 is 9.59 Å². The first kappa shape index (κ1) is 16.2. The first-order valence-corrected chi connectivity index (χ1v) is 6.87. The van der Waals surface area contributed by atoms with Crippen molar-refractivity contribution in [3.8, 4) is 0 Å². The van der Waals surface area contributed by atoms with Crippen molar-refractivity contribution in [3.05, 3.63) is 0 Å². The summed E-state index contributed by atoms with van der Waals surface area (Å²) in [6.45, 7) is 1.36. The Bertz CT molecular complexity index is 338. The van der Waals surface area contributed by atoms with Crippen molar-refractivity contribution in [1.29, 1.82) is 0 Å². The summed E-state index contributed by atoms with van der Waals surface area (Å²) in [7, 11) is 1.65. The summed E-state index contributed by atoms with van der Waals surface area (Å²) in [6.07, 6.45) is 4.46. The van der Waals surface area contributed by atoms with Gasteiger partial charge in [-0.25, -0.2) is 0 Å². The molecule has 2 aliphatic rings. The van der Waals surface area contributed by atoms with E-state index in [1.165, 1.54) is 0 Å².